The van der Waals surface area contributed by atoms with Crippen molar-refractivity contribution in [3.05, 3.63) is 285 Å². The molecular formula is C60H48N2. The maximum atomic E-state index is 4.24. The van der Waals surface area contributed by atoms with Gasteiger partial charge in [-0.1, -0.05) is 202 Å². The topological polar surface area (TPSA) is 6.48 Å². The molecule has 0 aliphatic carbocycles. The lowest BCUT2D eigenvalue weighted by molar-refractivity contribution is 1.21. The van der Waals surface area contributed by atoms with Crippen LogP contribution < -0.4 is 9.80 Å². The molecule has 2 heteroatoms. The molecule has 0 saturated carbocycles. The van der Waals surface area contributed by atoms with Crippen molar-refractivity contribution in [1.29, 1.82) is 0 Å². The molecule has 0 heterocycles. The standard InChI is InChI=1S/C60H48N2/c1-4-17-47(5-2)50-26-36-58(37-27-50)62(59-42-30-52(31-43-59)49-23-14-9-15-24-49)60-44-34-54(35-45-60)53-32-40-57(41-33-53)61(55(6-3)25-16-20-46-18-10-7-11-19-46)56-38-28-51(29-39-56)48-21-12-8-13-22-48/h4-45H,1-3H2. The first kappa shape index (κ1) is 40.6. The Bertz CT molecular complexity index is 2810. The monoisotopic (exact) mass is 796 g/mol. The van der Waals surface area contributed by atoms with Gasteiger partial charge in [-0.3, -0.25) is 0 Å². The van der Waals surface area contributed by atoms with E-state index < -0.39 is 0 Å². The zero-order chi connectivity index (χ0) is 42.5. The zero-order valence-electron chi connectivity index (χ0n) is 34.8. The van der Waals surface area contributed by atoms with E-state index >= 15 is 0 Å². The van der Waals surface area contributed by atoms with E-state index in [1.165, 1.54) is 22.3 Å². The second-order valence-electron chi connectivity index (χ2n) is 14.8. The van der Waals surface area contributed by atoms with Crippen molar-refractivity contribution in [1.82, 2.24) is 0 Å². The molecule has 0 bridgehead atoms. The van der Waals surface area contributed by atoms with E-state index in [2.05, 4.69) is 242 Å². The van der Waals surface area contributed by atoms with Crippen LogP contribution in [0.25, 0.3) is 45.0 Å². The lowest BCUT2D eigenvalue weighted by Crippen LogP contribution is -2.15. The lowest BCUT2D eigenvalue weighted by Gasteiger charge is -2.27. The van der Waals surface area contributed by atoms with Crippen molar-refractivity contribution in [2.45, 2.75) is 0 Å². The van der Waals surface area contributed by atoms with Gasteiger partial charge >= 0.3 is 0 Å². The van der Waals surface area contributed by atoms with Gasteiger partial charge in [-0.2, -0.15) is 0 Å². The van der Waals surface area contributed by atoms with Gasteiger partial charge in [0.05, 0.1) is 0 Å². The Kier molecular flexibility index (Phi) is 12.9. The summed E-state index contributed by atoms with van der Waals surface area (Å²) in [5.41, 5.74) is 16.5. The van der Waals surface area contributed by atoms with Gasteiger partial charge < -0.3 is 9.80 Å². The number of anilines is 5. The fourth-order valence-corrected chi connectivity index (χ4v) is 7.64. The number of nitrogens with zero attached hydrogens (tertiary/aromatic N) is 2. The molecule has 0 aliphatic heterocycles. The normalized spacial score (nSPS) is 11.5. The molecule has 0 atom stereocenters. The van der Waals surface area contributed by atoms with Crippen molar-refractivity contribution in [2.24, 2.45) is 0 Å². The fraction of sp³-hybridized carbons (Fsp3) is 0. The Morgan fingerprint density at radius 1 is 0.355 bits per heavy atom. The van der Waals surface area contributed by atoms with Gasteiger partial charge in [0, 0.05) is 34.1 Å². The van der Waals surface area contributed by atoms with Gasteiger partial charge in [0.2, 0.25) is 0 Å². The Morgan fingerprint density at radius 3 is 1.11 bits per heavy atom. The van der Waals surface area contributed by atoms with E-state index in [0.717, 1.165) is 62.0 Å². The smallest absolute Gasteiger partial charge is 0.0462 e. The highest BCUT2D eigenvalue weighted by Crippen LogP contribution is 2.38. The summed E-state index contributed by atoms with van der Waals surface area (Å²) >= 11 is 0. The minimum atomic E-state index is 0.962. The first-order valence-corrected chi connectivity index (χ1v) is 20.8. The summed E-state index contributed by atoms with van der Waals surface area (Å²) in [6.45, 7) is 12.1. The van der Waals surface area contributed by atoms with Crippen LogP contribution in [0.4, 0.5) is 28.4 Å². The summed E-state index contributed by atoms with van der Waals surface area (Å²) in [5, 5.41) is 0. The molecular weight excluding hydrogens is 749 g/mol. The second kappa shape index (κ2) is 19.7. The molecule has 62 heavy (non-hydrogen) atoms. The predicted molar refractivity (Wildman–Crippen MR) is 268 cm³/mol. The number of rotatable bonds is 15. The summed E-state index contributed by atoms with van der Waals surface area (Å²) in [6, 6.07) is 75.0. The summed E-state index contributed by atoms with van der Waals surface area (Å²) in [5.74, 6) is 0. The molecule has 8 rings (SSSR count). The maximum absolute atomic E-state index is 4.24. The van der Waals surface area contributed by atoms with Gasteiger partial charge in [-0.15, -0.1) is 0 Å². The number of hydrogen-bond acceptors (Lipinski definition) is 2. The lowest BCUT2D eigenvalue weighted by atomic mass is 10.0. The Hall–Kier alpha value is -8.20. The highest BCUT2D eigenvalue weighted by molar-refractivity contribution is 5.83. The molecule has 8 aromatic rings. The molecule has 0 fully saturated rings. The first-order valence-electron chi connectivity index (χ1n) is 20.8. The van der Waals surface area contributed by atoms with Crippen LogP contribution in [0.3, 0.4) is 0 Å². The van der Waals surface area contributed by atoms with Crippen LogP contribution in [-0.2, 0) is 0 Å². The van der Waals surface area contributed by atoms with Crippen molar-refractivity contribution in [2.75, 3.05) is 9.80 Å². The minimum Gasteiger partial charge on any atom is -0.311 e. The molecule has 0 amide bonds. The third-order valence-corrected chi connectivity index (χ3v) is 10.8. The van der Waals surface area contributed by atoms with Crippen LogP contribution in [0, 0.1) is 0 Å². The SMILES string of the molecule is C=CC=C(C=C)c1ccc(N(c2ccc(-c3ccccc3)cc2)c2ccc(-c3ccc(N(C(C=C)=CC=Cc4ccccc4)c4ccc(-c5ccccc5)cc4)cc3)cc2)cc1. The van der Waals surface area contributed by atoms with E-state index in [1.807, 2.05) is 36.4 Å². The maximum Gasteiger partial charge on any atom is 0.0462 e. The third kappa shape index (κ3) is 9.47. The average molecular weight is 797 g/mol. The molecule has 0 spiro atoms. The van der Waals surface area contributed by atoms with Gasteiger partial charge in [-0.25, -0.2) is 0 Å². The zero-order valence-corrected chi connectivity index (χ0v) is 34.8. The van der Waals surface area contributed by atoms with E-state index in [4.69, 9.17) is 0 Å². The molecule has 0 aromatic heterocycles. The van der Waals surface area contributed by atoms with Crippen LogP contribution in [-0.4, -0.2) is 0 Å². The molecule has 0 radical (unpaired) electrons. The van der Waals surface area contributed by atoms with Gasteiger partial charge in [-0.05, 0) is 123 Å². The largest absolute Gasteiger partial charge is 0.311 e. The summed E-state index contributed by atoms with van der Waals surface area (Å²) in [4.78, 5) is 4.55. The molecule has 0 N–H and O–H groups in total. The number of allylic oxidation sites excluding steroid dienone is 7. The molecule has 2 nitrogen and oxygen atoms in total. The first-order chi connectivity index (χ1) is 30.6. The summed E-state index contributed by atoms with van der Waals surface area (Å²) < 4.78 is 0. The quantitative estimate of drug-likeness (QED) is 0.0954. The van der Waals surface area contributed by atoms with Gasteiger partial charge in [0.15, 0.2) is 0 Å². The number of hydrogen-bond donors (Lipinski definition) is 0. The van der Waals surface area contributed by atoms with Crippen LogP contribution >= 0.6 is 0 Å². The van der Waals surface area contributed by atoms with Crippen molar-refractivity contribution in [3.63, 3.8) is 0 Å². The Balaban J connectivity index is 1.11. The van der Waals surface area contributed by atoms with Crippen LogP contribution in [0.1, 0.15) is 11.1 Å². The molecule has 8 aromatic carbocycles. The Morgan fingerprint density at radius 2 is 0.726 bits per heavy atom. The highest BCUT2D eigenvalue weighted by Gasteiger charge is 2.16. The molecule has 0 unspecified atom stereocenters. The van der Waals surface area contributed by atoms with Gasteiger partial charge in [0.25, 0.3) is 0 Å². The molecule has 298 valence electrons. The summed E-state index contributed by atoms with van der Waals surface area (Å²) in [6.07, 6.45) is 13.9. The third-order valence-electron chi connectivity index (χ3n) is 10.8. The minimum absolute atomic E-state index is 0.962. The van der Waals surface area contributed by atoms with E-state index in [9.17, 15) is 0 Å². The number of benzene rings is 8. The average Bonchev–Trinajstić information content (AvgIpc) is 3.35. The second-order valence-corrected chi connectivity index (χ2v) is 14.8. The van der Waals surface area contributed by atoms with Crippen molar-refractivity contribution >= 4 is 40.1 Å². The summed E-state index contributed by atoms with van der Waals surface area (Å²) in [7, 11) is 0. The van der Waals surface area contributed by atoms with E-state index in [-0.39, 0.29) is 0 Å². The Labute approximate surface area is 367 Å². The fourth-order valence-electron chi connectivity index (χ4n) is 7.64. The van der Waals surface area contributed by atoms with E-state index in [1.54, 1.807) is 6.08 Å². The van der Waals surface area contributed by atoms with Crippen molar-refractivity contribution in [3.8, 4) is 33.4 Å². The van der Waals surface area contributed by atoms with Crippen LogP contribution in [0.5, 0.6) is 0 Å². The van der Waals surface area contributed by atoms with Gasteiger partial charge in [0.1, 0.15) is 0 Å². The highest BCUT2D eigenvalue weighted by atomic mass is 15.1. The van der Waals surface area contributed by atoms with Crippen LogP contribution in [0.2, 0.25) is 0 Å². The van der Waals surface area contributed by atoms with Crippen LogP contribution in [0.15, 0.2) is 274 Å². The van der Waals surface area contributed by atoms with Crippen molar-refractivity contribution < 1.29 is 0 Å². The predicted octanol–water partition coefficient (Wildman–Crippen LogP) is 16.8. The van der Waals surface area contributed by atoms with E-state index in [0.29, 0.717) is 0 Å². The molecule has 0 aliphatic rings. The molecule has 0 saturated heterocycles.